The van der Waals surface area contributed by atoms with Gasteiger partial charge in [-0.3, -0.25) is 14.9 Å². The van der Waals surface area contributed by atoms with Crippen molar-refractivity contribution in [3.05, 3.63) is 81.1 Å². The summed E-state index contributed by atoms with van der Waals surface area (Å²) in [4.78, 5) is 34.3. The molecule has 1 amide bonds. The highest BCUT2D eigenvalue weighted by Crippen LogP contribution is 2.29. The molecule has 0 radical (unpaired) electrons. The number of hydrogen-bond donors (Lipinski definition) is 1. The van der Waals surface area contributed by atoms with Crippen LogP contribution in [-0.2, 0) is 4.79 Å². The van der Waals surface area contributed by atoms with Crippen molar-refractivity contribution >= 4 is 24.0 Å². The van der Waals surface area contributed by atoms with Gasteiger partial charge in [0.2, 0.25) is 5.76 Å². The molecule has 0 saturated carbocycles. The van der Waals surface area contributed by atoms with Gasteiger partial charge >= 0.3 is 11.9 Å². The van der Waals surface area contributed by atoms with E-state index in [2.05, 4.69) is 10.5 Å². The number of ether oxygens (including phenoxy) is 3. The quantitative estimate of drug-likeness (QED) is 0.151. The molecule has 11 nitrogen and oxygen atoms in total. The number of benzene rings is 2. The lowest BCUT2D eigenvalue weighted by molar-refractivity contribution is -0.402. The molecular formula is C24H23N3O8. The van der Waals surface area contributed by atoms with Crippen molar-refractivity contribution < 1.29 is 33.1 Å². The van der Waals surface area contributed by atoms with Crippen LogP contribution in [0.15, 0.2) is 58.0 Å². The van der Waals surface area contributed by atoms with Crippen LogP contribution in [0.2, 0.25) is 0 Å². The molecule has 1 aromatic heterocycles. The number of amides is 1. The summed E-state index contributed by atoms with van der Waals surface area (Å²) in [6.45, 7) is 5.65. The van der Waals surface area contributed by atoms with Crippen LogP contribution in [0.4, 0.5) is 5.88 Å². The number of hydrazone groups is 1. The third kappa shape index (κ3) is 6.90. The molecular weight excluding hydrogens is 458 g/mol. The van der Waals surface area contributed by atoms with Gasteiger partial charge in [0.1, 0.15) is 10.7 Å². The number of nitrogens with one attached hydrogen (secondary N) is 1. The van der Waals surface area contributed by atoms with E-state index in [1.54, 1.807) is 19.1 Å². The van der Waals surface area contributed by atoms with Gasteiger partial charge in [0.15, 0.2) is 18.1 Å². The van der Waals surface area contributed by atoms with Gasteiger partial charge in [-0.05, 0) is 67.8 Å². The van der Waals surface area contributed by atoms with Crippen molar-refractivity contribution in [3.63, 3.8) is 0 Å². The van der Waals surface area contributed by atoms with Gasteiger partial charge in [-0.15, -0.1) is 0 Å². The zero-order chi connectivity index (χ0) is 25.4. The molecule has 182 valence electrons. The number of carbonyl (C=O) groups excluding carboxylic acids is 2. The standard InChI is InChI=1S/C24H23N3O8/c1-4-32-21-12-17(7-8-18(21)35-24(29)19-9-10-23(34-19)27(30)31)13-25-26-22(28)14-33-20-11-15(2)5-6-16(20)3/h5-13H,4,14H2,1-3H3,(H,26,28)/b25-13+. The predicted octanol–water partition coefficient (Wildman–Crippen LogP) is 3.95. The summed E-state index contributed by atoms with van der Waals surface area (Å²) in [5, 5.41) is 14.6. The topological polar surface area (TPSA) is 142 Å². The first-order valence-electron chi connectivity index (χ1n) is 10.5. The first-order chi connectivity index (χ1) is 16.8. The number of esters is 1. The van der Waals surface area contributed by atoms with E-state index in [0.29, 0.717) is 11.3 Å². The molecule has 3 aromatic rings. The van der Waals surface area contributed by atoms with Crippen LogP contribution in [0, 0.1) is 24.0 Å². The number of carbonyl (C=O) groups is 2. The van der Waals surface area contributed by atoms with Crippen molar-refractivity contribution in [1.82, 2.24) is 5.43 Å². The van der Waals surface area contributed by atoms with E-state index >= 15 is 0 Å². The molecule has 0 saturated heterocycles. The second-order valence-electron chi connectivity index (χ2n) is 7.27. The highest BCUT2D eigenvalue weighted by atomic mass is 16.7. The number of nitrogens with zero attached hydrogens (tertiary/aromatic N) is 2. The second kappa shape index (κ2) is 11.5. The zero-order valence-electron chi connectivity index (χ0n) is 19.3. The maximum absolute atomic E-state index is 12.3. The molecule has 1 N–H and O–H groups in total. The molecule has 0 bridgehead atoms. The van der Waals surface area contributed by atoms with Crippen LogP contribution in [0.3, 0.4) is 0 Å². The Morgan fingerprint density at radius 3 is 2.57 bits per heavy atom. The molecule has 0 atom stereocenters. The van der Waals surface area contributed by atoms with Gasteiger partial charge in [0.25, 0.3) is 5.91 Å². The summed E-state index contributed by atoms with van der Waals surface area (Å²) in [7, 11) is 0. The fourth-order valence-corrected chi connectivity index (χ4v) is 2.86. The van der Waals surface area contributed by atoms with Gasteiger partial charge in [-0.1, -0.05) is 12.1 Å². The summed E-state index contributed by atoms with van der Waals surface area (Å²) in [6.07, 6.45) is 1.39. The monoisotopic (exact) mass is 481 g/mol. The first-order valence-corrected chi connectivity index (χ1v) is 10.5. The third-order valence-electron chi connectivity index (χ3n) is 4.55. The minimum Gasteiger partial charge on any atom is -0.490 e. The Labute approximate surface area is 200 Å². The van der Waals surface area contributed by atoms with Crippen LogP contribution in [0.1, 0.15) is 34.2 Å². The number of hydrogen-bond acceptors (Lipinski definition) is 9. The van der Waals surface area contributed by atoms with E-state index < -0.39 is 22.7 Å². The van der Waals surface area contributed by atoms with E-state index in [4.69, 9.17) is 18.6 Å². The zero-order valence-corrected chi connectivity index (χ0v) is 19.3. The number of furan rings is 1. The lowest BCUT2D eigenvalue weighted by Crippen LogP contribution is -2.24. The minimum atomic E-state index is -0.920. The second-order valence-corrected chi connectivity index (χ2v) is 7.27. The maximum atomic E-state index is 12.3. The molecule has 2 aromatic carbocycles. The van der Waals surface area contributed by atoms with Crippen LogP contribution in [0.25, 0.3) is 0 Å². The molecule has 0 aliphatic carbocycles. The molecule has 0 aliphatic heterocycles. The van der Waals surface area contributed by atoms with Crippen LogP contribution < -0.4 is 19.6 Å². The average Bonchev–Trinajstić information content (AvgIpc) is 3.32. The van der Waals surface area contributed by atoms with Gasteiger partial charge in [-0.25, -0.2) is 10.2 Å². The molecule has 0 spiro atoms. The summed E-state index contributed by atoms with van der Waals surface area (Å²) in [5.74, 6) is -1.32. The largest absolute Gasteiger partial charge is 0.490 e. The molecule has 11 heteroatoms. The Balaban J connectivity index is 1.60. The maximum Gasteiger partial charge on any atom is 0.433 e. The minimum absolute atomic E-state index is 0.0824. The fourth-order valence-electron chi connectivity index (χ4n) is 2.86. The average molecular weight is 481 g/mol. The summed E-state index contributed by atoms with van der Waals surface area (Å²) in [6, 6.07) is 12.5. The van der Waals surface area contributed by atoms with E-state index in [1.165, 1.54) is 12.3 Å². The Bertz CT molecular complexity index is 1270. The van der Waals surface area contributed by atoms with Gasteiger partial charge < -0.3 is 18.6 Å². The summed E-state index contributed by atoms with van der Waals surface area (Å²) < 4.78 is 21.2. The van der Waals surface area contributed by atoms with Crippen LogP contribution in [-0.4, -0.2) is 36.2 Å². The summed E-state index contributed by atoms with van der Waals surface area (Å²) in [5.41, 5.74) is 4.87. The molecule has 0 unspecified atom stereocenters. The van der Waals surface area contributed by atoms with Crippen molar-refractivity contribution in [2.45, 2.75) is 20.8 Å². The number of aryl methyl sites for hydroxylation is 2. The van der Waals surface area contributed by atoms with Gasteiger partial charge in [0.05, 0.1) is 18.9 Å². The van der Waals surface area contributed by atoms with Crippen molar-refractivity contribution in [2.24, 2.45) is 5.10 Å². The van der Waals surface area contributed by atoms with Crippen LogP contribution in [0.5, 0.6) is 17.2 Å². The van der Waals surface area contributed by atoms with E-state index in [1.807, 2.05) is 32.0 Å². The van der Waals surface area contributed by atoms with Crippen molar-refractivity contribution in [3.8, 4) is 17.2 Å². The lowest BCUT2D eigenvalue weighted by atomic mass is 10.1. The molecule has 35 heavy (non-hydrogen) atoms. The summed E-state index contributed by atoms with van der Waals surface area (Å²) >= 11 is 0. The predicted molar refractivity (Wildman–Crippen MR) is 125 cm³/mol. The molecule has 0 fully saturated rings. The van der Waals surface area contributed by atoms with Gasteiger partial charge in [0, 0.05) is 0 Å². The molecule has 1 heterocycles. The number of nitro groups is 1. The van der Waals surface area contributed by atoms with E-state index in [-0.39, 0.29) is 30.5 Å². The van der Waals surface area contributed by atoms with E-state index in [0.717, 1.165) is 23.3 Å². The van der Waals surface area contributed by atoms with Crippen LogP contribution >= 0.6 is 0 Å². The molecule has 3 rings (SSSR count). The van der Waals surface area contributed by atoms with Crippen molar-refractivity contribution in [1.29, 1.82) is 0 Å². The third-order valence-corrected chi connectivity index (χ3v) is 4.55. The van der Waals surface area contributed by atoms with Gasteiger partial charge in [-0.2, -0.15) is 5.10 Å². The highest BCUT2D eigenvalue weighted by Gasteiger charge is 2.20. The first kappa shape index (κ1) is 25.0. The smallest absolute Gasteiger partial charge is 0.433 e. The fraction of sp³-hybridized carbons (Fsp3) is 0.208. The number of rotatable bonds is 10. The normalized spacial score (nSPS) is 10.7. The lowest BCUT2D eigenvalue weighted by Gasteiger charge is -2.10. The Morgan fingerprint density at radius 2 is 1.86 bits per heavy atom. The molecule has 0 aliphatic rings. The Morgan fingerprint density at radius 1 is 1.06 bits per heavy atom. The SMILES string of the molecule is CCOc1cc(/C=N/NC(=O)COc2cc(C)ccc2C)ccc1OC(=O)c1ccc([N+](=O)[O-])o1. The Hall–Kier alpha value is -4.67. The highest BCUT2D eigenvalue weighted by molar-refractivity contribution is 5.89. The van der Waals surface area contributed by atoms with Crippen molar-refractivity contribution in [2.75, 3.05) is 13.2 Å². The Kier molecular flexibility index (Phi) is 8.17. The van der Waals surface area contributed by atoms with E-state index in [9.17, 15) is 19.7 Å².